The van der Waals surface area contributed by atoms with E-state index in [4.69, 9.17) is 4.42 Å². The minimum absolute atomic E-state index is 0.858. The molecule has 0 unspecified atom stereocenters. The van der Waals surface area contributed by atoms with Gasteiger partial charge in [-0.1, -0.05) is 158 Å². The topological polar surface area (TPSA) is 16.4 Å². The predicted octanol–water partition coefficient (Wildman–Crippen LogP) is 15.6. The fourth-order valence-electron chi connectivity index (χ4n) is 8.29. The highest BCUT2D eigenvalue weighted by Crippen LogP contribution is 2.50. The van der Waals surface area contributed by atoms with Crippen LogP contribution in [0.5, 0.6) is 0 Å². The van der Waals surface area contributed by atoms with E-state index in [1.165, 1.54) is 47.8 Å². The molecule has 2 heterocycles. The summed E-state index contributed by atoms with van der Waals surface area (Å²) < 4.78 is 9.60. The number of fused-ring (bicyclic) bond motifs is 8. The van der Waals surface area contributed by atoms with Gasteiger partial charge in [-0.3, -0.25) is 0 Å². The summed E-state index contributed by atoms with van der Waals surface area (Å²) >= 11 is 1.85. The lowest BCUT2D eigenvalue weighted by Crippen LogP contribution is -2.11. The SMILES string of the molecule is c1ccc(-c2ccc(N(c3cccc4c3sc3ccccc34)c3cc(-c4ccccc4)cc4oc5c6ccccc6c(-c6ccccc6)cc5c34)cc2)cc1. The van der Waals surface area contributed by atoms with Gasteiger partial charge in [0.2, 0.25) is 0 Å². The molecule has 0 amide bonds. The molecule has 9 aromatic carbocycles. The van der Waals surface area contributed by atoms with Crippen molar-refractivity contribution in [1.82, 2.24) is 0 Å². The summed E-state index contributed by atoms with van der Waals surface area (Å²) in [4.78, 5) is 2.47. The van der Waals surface area contributed by atoms with Gasteiger partial charge in [0, 0.05) is 31.9 Å². The van der Waals surface area contributed by atoms with Crippen LogP contribution >= 0.6 is 11.3 Å². The average molecular weight is 720 g/mol. The number of nitrogens with zero attached hydrogens (tertiary/aromatic N) is 1. The van der Waals surface area contributed by atoms with Gasteiger partial charge >= 0.3 is 0 Å². The molecule has 258 valence electrons. The lowest BCUT2D eigenvalue weighted by molar-refractivity contribution is 0.673. The average Bonchev–Trinajstić information content (AvgIpc) is 3.84. The van der Waals surface area contributed by atoms with Crippen LogP contribution in [0.1, 0.15) is 0 Å². The summed E-state index contributed by atoms with van der Waals surface area (Å²) in [5.41, 5.74) is 12.0. The van der Waals surface area contributed by atoms with Gasteiger partial charge in [0.15, 0.2) is 0 Å². The van der Waals surface area contributed by atoms with Crippen molar-refractivity contribution >= 4 is 81.3 Å². The maximum atomic E-state index is 7.07. The van der Waals surface area contributed by atoms with Crippen LogP contribution in [-0.2, 0) is 0 Å². The zero-order valence-corrected chi connectivity index (χ0v) is 30.6. The van der Waals surface area contributed by atoms with Crippen LogP contribution in [0.25, 0.3) is 86.3 Å². The fourth-order valence-corrected chi connectivity index (χ4v) is 9.49. The number of benzene rings is 9. The molecule has 11 rings (SSSR count). The number of hydrogen-bond acceptors (Lipinski definition) is 3. The van der Waals surface area contributed by atoms with Crippen molar-refractivity contribution in [1.29, 1.82) is 0 Å². The van der Waals surface area contributed by atoms with Crippen molar-refractivity contribution in [3.05, 3.63) is 200 Å². The van der Waals surface area contributed by atoms with Crippen LogP contribution in [0.4, 0.5) is 17.1 Å². The molecule has 0 atom stereocenters. The summed E-state index contributed by atoms with van der Waals surface area (Å²) in [6.07, 6.45) is 0. The largest absolute Gasteiger partial charge is 0.455 e. The van der Waals surface area contributed by atoms with Gasteiger partial charge < -0.3 is 9.32 Å². The van der Waals surface area contributed by atoms with E-state index in [-0.39, 0.29) is 0 Å². The van der Waals surface area contributed by atoms with E-state index in [1.807, 2.05) is 11.3 Å². The van der Waals surface area contributed by atoms with Crippen molar-refractivity contribution < 1.29 is 4.42 Å². The van der Waals surface area contributed by atoms with Crippen molar-refractivity contribution in [3.8, 4) is 33.4 Å². The van der Waals surface area contributed by atoms with Gasteiger partial charge in [-0.15, -0.1) is 11.3 Å². The molecule has 0 aliphatic heterocycles. The number of thiophene rings is 1. The van der Waals surface area contributed by atoms with E-state index >= 15 is 0 Å². The minimum atomic E-state index is 0.858. The number of hydrogen-bond donors (Lipinski definition) is 0. The zero-order chi connectivity index (χ0) is 36.3. The van der Waals surface area contributed by atoms with E-state index in [0.29, 0.717) is 0 Å². The highest BCUT2D eigenvalue weighted by molar-refractivity contribution is 7.26. The monoisotopic (exact) mass is 719 g/mol. The first-order valence-corrected chi connectivity index (χ1v) is 19.5. The molecule has 11 aromatic rings. The Bertz CT molecular complexity index is 3180. The van der Waals surface area contributed by atoms with Crippen molar-refractivity contribution in [2.45, 2.75) is 0 Å². The van der Waals surface area contributed by atoms with E-state index in [0.717, 1.165) is 55.5 Å². The van der Waals surface area contributed by atoms with E-state index in [2.05, 4.69) is 205 Å². The summed E-state index contributed by atoms with van der Waals surface area (Å²) in [6.45, 7) is 0. The predicted molar refractivity (Wildman–Crippen MR) is 235 cm³/mol. The highest BCUT2D eigenvalue weighted by Gasteiger charge is 2.25. The molecule has 2 nitrogen and oxygen atoms in total. The summed E-state index contributed by atoms with van der Waals surface area (Å²) in [5.74, 6) is 0. The van der Waals surface area contributed by atoms with Gasteiger partial charge in [0.1, 0.15) is 11.2 Å². The van der Waals surface area contributed by atoms with Crippen LogP contribution in [-0.4, -0.2) is 0 Å². The Kier molecular flexibility index (Phi) is 7.39. The number of rotatable bonds is 6. The molecule has 0 N–H and O–H groups in total. The maximum absolute atomic E-state index is 7.07. The first-order chi connectivity index (χ1) is 27.3. The number of furan rings is 1. The van der Waals surface area contributed by atoms with E-state index in [1.54, 1.807) is 0 Å². The molecule has 0 bridgehead atoms. The highest BCUT2D eigenvalue weighted by atomic mass is 32.1. The van der Waals surface area contributed by atoms with Crippen LogP contribution < -0.4 is 4.90 Å². The van der Waals surface area contributed by atoms with Crippen LogP contribution in [0.2, 0.25) is 0 Å². The zero-order valence-electron chi connectivity index (χ0n) is 29.8. The molecular formula is C52H33NOS. The Morgan fingerprint density at radius 3 is 1.69 bits per heavy atom. The smallest absolute Gasteiger partial charge is 0.143 e. The van der Waals surface area contributed by atoms with Crippen molar-refractivity contribution in [2.75, 3.05) is 4.90 Å². The Morgan fingerprint density at radius 1 is 0.382 bits per heavy atom. The Balaban J connectivity index is 1.27. The maximum Gasteiger partial charge on any atom is 0.143 e. The lowest BCUT2D eigenvalue weighted by atomic mass is 9.94. The van der Waals surface area contributed by atoms with Gasteiger partial charge in [-0.05, 0) is 81.2 Å². The molecule has 0 radical (unpaired) electrons. The summed E-state index contributed by atoms with van der Waals surface area (Å²) in [5, 5.41) is 6.99. The third kappa shape index (κ3) is 5.24. The molecular weight excluding hydrogens is 687 g/mol. The second kappa shape index (κ2) is 12.9. The second-order valence-corrected chi connectivity index (χ2v) is 15.1. The minimum Gasteiger partial charge on any atom is -0.455 e. The van der Waals surface area contributed by atoms with E-state index in [9.17, 15) is 0 Å². The molecule has 3 heteroatoms. The Morgan fingerprint density at radius 2 is 0.964 bits per heavy atom. The molecule has 0 aliphatic rings. The Labute approximate surface area is 322 Å². The third-order valence-corrected chi connectivity index (χ3v) is 12.1. The first-order valence-electron chi connectivity index (χ1n) is 18.7. The van der Waals surface area contributed by atoms with Gasteiger partial charge in [0.05, 0.1) is 21.5 Å². The first kappa shape index (κ1) is 31.6. The molecule has 2 aromatic heterocycles. The molecule has 0 spiro atoms. The van der Waals surface area contributed by atoms with Crippen LogP contribution in [0.15, 0.2) is 205 Å². The Hall–Kier alpha value is -6.94. The molecule has 55 heavy (non-hydrogen) atoms. The van der Waals surface area contributed by atoms with Crippen LogP contribution in [0, 0.1) is 0 Å². The van der Waals surface area contributed by atoms with Gasteiger partial charge in [-0.2, -0.15) is 0 Å². The standard InChI is InChI=1S/C52H33NOS/c1-4-15-34(16-5-1)36-27-29-39(30-28-36)53(46-25-14-24-43-41-22-12-13-26-49(41)55-52(43)46)47-31-38(35-17-6-2-7-18-35)32-48-50(47)45-33-44(37-19-8-3-9-20-37)40-21-10-11-23-42(40)51(45)54-48/h1-33H. The van der Waals surface area contributed by atoms with Gasteiger partial charge in [0.25, 0.3) is 0 Å². The normalized spacial score (nSPS) is 11.6. The van der Waals surface area contributed by atoms with Gasteiger partial charge in [-0.25, -0.2) is 0 Å². The molecule has 0 aliphatic carbocycles. The molecule has 0 saturated heterocycles. The van der Waals surface area contributed by atoms with Crippen molar-refractivity contribution in [3.63, 3.8) is 0 Å². The lowest BCUT2D eigenvalue weighted by Gasteiger charge is -2.27. The van der Waals surface area contributed by atoms with E-state index < -0.39 is 0 Å². The second-order valence-electron chi connectivity index (χ2n) is 14.0. The quantitative estimate of drug-likeness (QED) is 0.170. The van der Waals surface area contributed by atoms with Crippen LogP contribution in [0.3, 0.4) is 0 Å². The summed E-state index contributed by atoms with van der Waals surface area (Å²) in [6, 6.07) is 72.1. The fraction of sp³-hybridized carbons (Fsp3) is 0. The molecule has 0 saturated carbocycles. The molecule has 0 fully saturated rings. The van der Waals surface area contributed by atoms with Crippen molar-refractivity contribution in [2.24, 2.45) is 0 Å². The summed E-state index contributed by atoms with van der Waals surface area (Å²) in [7, 11) is 0. The third-order valence-electron chi connectivity index (χ3n) is 10.8. The number of anilines is 3.